The van der Waals surface area contributed by atoms with Crippen LogP contribution < -0.4 is 10.1 Å². The third-order valence-corrected chi connectivity index (χ3v) is 7.40. The number of carbonyl (C=O) groups is 1. The molecule has 1 fully saturated rings. The number of methoxy groups -OCH3 is 1. The smallest absolute Gasteiger partial charge is 0.254 e. The van der Waals surface area contributed by atoms with Crippen molar-refractivity contribution in [2.45, 2.75) is 51.7 Å². The van der Waals surface area contributed by atoms with E-state index >= 15 is 0 Å². The first-order valence-corrected chi connectivity index (χ1v) is 13.1. The van der Waals surface area contributed by atoms with E-state index in [0.29, 0.717) is 6.04 Å². The normalized spacial score (nSPS) is 17.6. The van der Waals surface area contributed by atoms with Crippen LogP contribution in [0.25, 0.3) is 10.9 Å². The molecule has 1 aliphatic rings. The summed E-state index contributed by atoms with van der Waals surface area (Å²) in [6.45, 7) is 5.63. The van der Waals surface area contributed by atoms with Gasteiger partial charge in [0.25, 0.3) is 5.91 Å². The van der Waals surface area contributed by atoms with Crippen molar-refractivity contribution in [3.8, 4) is 5.75 Å². The van der Waals surface area contributed by atoms with Gasteiger partial charge in [-0.1, -0.05) is 47.5 Å². The van der Waals surface area contributed by atoms with Crippen molar-refractivity contribution in [3.63, 3.8) is 0 Å². The third-order valence-electron chi connectivity index (χ3n) is 7.40. The molecular formula is C32H35N3O2. The number of nitrogens with zero attached hydrogens (tertiary/aromatic N) is 2. The van der Waals surface area contributed by atoms with Gasteiger partial charge in [0.05, 0.1) is 12.6 Å². The van der Waals surface area contributed by atoms with Gasteiger partial charge in [0.15, 0.2) is 0 Å². The van der Waals surface area contributed by atoms with Crippen LogP contribution >= 0.6 is 0 Å². The summed E-state index contributed by atoms with van der Waals surface area (Å²) in [5.74, 6) is 0.976. The summed E-state index contributed by atoms with van der Waals surface area (Å²) >= 11 is 0. The Hall–Kier alpha value is -3.70. The molecule has 1 N–H and O–H groups in total. The van der Waals surface area contributed by atoms with Gasteiger partial charge >= 0.3 is 0 Å². The molecule has 4 aromatic rings. The van der Waals surface area contributed by atoms with E-state index in [1.165, 1.54) is 16.5 Å². The first-order chi connectivity index (χ1) is 18.0. The fourth-order valence-corrected chi connectivity index (χ4v) is 5.56. The number of hydrogen-bond acceptors (Lipinski definition) is 4. The number of pyridine rings is 1. The number of amides is 1. The summed E-state index contributed by atoms with van der Waals surface area (Å²) in [6.07, 6.45) is 4.54. The summed E-state index contributed by atoms with van der Waals surface area (Å²) in [4.78, 5) is 20.3. The molecule has 0 radical (unpaired) electrons. The molecule has 0 unspecified atom stereocenters. The molecule has 0 spiro atoms. The van der Waals surface area contributed by atoms with E-state index < -0.39 is 0 Å². The number of aromatic nitrogens is 1. The Kier molecular flexibility index (Phi) is 7.52. The van der Waals surface area contributed by atoms with Crippen LogP contribution in [-0.2, 0) is 13.0 Å². The number of benzene rings is 3. The maximum atomic E-state index is 13.7. The molecule has 3 aromatic carbocycles. The number of fused-ring (bicyclic) bond motifs is 1. The lowest BCUT2D eigenvalue weighted by atomic mass is 9.91. The average Bonchev–Trinajstić information content (AvgIpc) is 2.91. The molecule has 37 heavy (non-hydrogen) atoms. The predicted octanol–water partition coefficient (Wildman–Crippen LogP) is 5.87. The highest BCUT2D eigenvalue weighted by Crippen LogP contribution is 2.26. The van der Waals surface area contributed by atoms with E-state index in [1.54, 1.807) is 7.11 Å². The number of ether oxygens (including phenoxy) is 1. The standard InChI is InChI=1S/C32H35N3O2/c1-22-16-23(2)18-26(17-22)32(36)35-15-13-27(20-28(35)19-24-8-10-29(37-3)11-9-24)34-21-25-12-14-33-31-7-5-4-6-30(25)31/h4-12,14,16-18,27-28,34H,13,15,19-21H2,1-3H3/t27-,28+/m0/s1. The Morgan fingerprint density at radius 1 is 1.03 bits per heavy atom. The van der Waals surface area contributed by atoms with E-state index in [4.69, 9.17) is 4.74 Å². The van der Waals surface area contributed by atoms with Gasteiger partial charge in [0.1, 0.15) is 5.75 Å². The molecule has 0 bridgehead atoms. The zero-order valence-electron chi connectivity index (χ0n) is 21.9. The molecular weight excluding hydrogens is 458 g/mol. The zero-order chi connectivity index (χ0) is 25.8. The van der Waals surface area contributed by atoms with Crippen LogP contribution in [-0.4, -0.2) is 41.5 Å². The lowest BCUT2D eigenvalue weighted by Crippen LogP contribution is -2.51. The molecule has 1 aromatic heterocycles. The van der Waals surface area contributed by atoms with Gasteiger partial charge in [-0.25, -0.2) is 0 Å². The van der Waals surface area contributed by atoms with E-state index in [9.17, 15) is 4.79 Å². The van der Waals surface area contributed by atoms with Crippen LogP contribution in [0.1, 0.15) is 45.5 Å². The maximum Gasteiger partial charge on any atom is 0.254 e. The molecule has 0 saturated carbocycles. The number of para-hydroxylation sites is 1. The van der Waals surface area contributed by atoms with Crippen molar-refractivity contribution in [3.05, 3.63) is 107 Å². The summed E-state index contributed by atoms with van der Waals surface area (Å²) in [5.41, 5.74) is 6.52. The minimum absolute atomic E-state index is 0.113. The van der Waals surface area contributed by atoms with E-state index in [1.807, 2.05) is 36.5 Å². The van der Waals surface area contributed by atoms with Crippen molar-refractivity contribution in [2.75, 3.05) is 13.7 Å². The minimum atomic E-state index is 0.113. The van der Waals surface area contributed by atoms with Gasteiger partial charge in [-0.2, -0.15) is 0 Å². The average molecular weight is 494 g/mol. The Balaban J connectivity index is 1.35. The molecule has 2 heterocycles. The van der Waals surface area contributed by atoms with Gasteiger partial charge in [-0.15, -0.1) is 0 Å². The maximum absolute atomic E-state index is 13.7. The Morgan fingerprint density at radius 2 is 1.78 bits per heavy atom. The van der Waals surface area contributed by atoms with Crippen molar-refractivity contribution in [2.24, 2.45) is 0 Å². The summed E-state index contributed by atoms with van der Waals surface area (Å²) in [5, 5.41) is 4.99. The number of likely N-dealkylation sites (tertiary alicyclic amines) is 1. The van der Waals surface area contributed by atoms with Gasteiger partial charge in [-0.05, 0) is 80.6 Å². The first kappa shape index (κ1) is 25.0. The monoisotopic (exact) mass is 493 g/mol. The molecule has 1 saturated heterocycles. The lowest BCUT2D eigenvalue weighted by Gasteiger charge is -2.40. The van der Waals surface area contributed by atoms with Crippen LogP contribution in [0.3, 0.4) is 0 Å². The Morgan fingerprint density at radius 3 is 2.54 bits per heavy atom. The topological polar surface area (TPSA) is 54.5 Å². The number of hydrogen-bond donors (Lipinski definition) is 1. The van der Waals surface area contributed by atoms with Crippen molar-refractivity contribution < 1.29 is 9.53 Å². The second-order valence-corrected chi connectivity index (χ2v) is 10.2. The second kappa shape index (κ2) is 11.1. The zero-order valence-corrected chi connectivity index (χ0v) is 21.9. The number of aryl methyl sites for hydroxylation is 2. The van der Waals surface area contributed by atoms with Gasteiger partial charge in [-0.3, -0.25) is 9.78 Å². The molecule has 1 aliphatic heterocycles. The Labute approximate surface area is 219 Å². The number of carbonyl (C=O) groups excluding carboxylic acids is 1. The lowest BCUT2D eigenvalue weighted by molar-refractivity contribution is 0.0576. The van der Waals surface area contributed by atoms with Crippen molar-refractivity contribution in [1.82, 2.24) is 15.2 Å². The van der Waals surface area contributed by atoms with Crippen LogP contribution in [0, 0.1) is 13.8 Å². The van der Waals surface area contributed by atoms with E-state index in [-0.39, 0.29) is 11.9 Å². The van der Waals surface area contributed by atoms with Crippen molar-refractivity contribution in [1.29, 1.82) is 0 Å². The largest absolute Gasteiger partial charge is 0.497 e. The Bertz CT molecular complexity index is 1360. The predicted molar refractivity (Wildman–Crippen MR) is 149 cm³/mol. The second-order valence-electron chi connectivity index (χ2n) is 10.2. The SMILES string of the molecule is COc1ccc(C[C@@H]2C[C@@H](NCc3ccnc4ccccc34)CCN2C(=O)c2cc(C)cc(C)c2)cc1. The summed E-state index contributed by atoms with van der Waals surface area (Å²) in [7, 11) is 1.68. The highest BCUT2D eigenvalue weighted by molar-refractivity contribution is 5.95. The number of rotatable bonds is 7. The summed E-state index contributed by atoms with van der Waals surface area (Å²) in [6, 6.07) is 25.2. The number of nitrogens with one attached hydrogen (secondary N) is 1. The van der Waals surface area contributed by atoms with Gasteiger partial charge in [0.2, 0.25) is 0 Å². The summed E-state index contributed by atoms with van der Waals surface area (Å²) < 4.78 is 5.34. The fraction of sp³-hybridized carbons (Fsp3) is 0.312. The van der Waals surface area contributed by atoms with Crippen LogP contribution in [0.2, 0.25) is 0 Å². The number of piperidine rings is 1. The highest BCUT2D eigenvalue weighted by Gasteiger charge is 2.32. The molecule has 1 amide bonds. The van der Waals surface area contributed by atoms with Crippen molar-refractivity contribution >= 4 is 16.8 Å². The van der Waals surface area contributed by atoms with Crippen LogP contribution in [0.5, 0.6) is 5.75 Å². The van der Waals surface area contributed by atoms with Crippen LogP contribution in [0.15, 0.2) is 79.0 Å². The fourth-order valence-electron chi connectivity index (χ4n) is 5.56. The molecule has 190 valence electrons. The third kappa shape index (κ3) is 5.83. The highest BCUT2D eigenvalue weighted by atomic mass is 16.5. The van der Waals surface area contributed by atoms with Gasteiger partial charge < -0.3 is 15.0 Å². The molecule has 0 aliphatic carbocycles. The molecule has 5 rings (SSSR count). The molecule has 5 heteroatoms. The first-order valence-electron chi connectivity index (χ1n) is 13.1. The quantitative estimate of drug-likeness (QED) is 0.350. The molecule has 2 atom stereocenters. The van der Waals surface area contributed by atoms with Crippen LogP contribution in [0.4, 0.5) is 0 Å². The van der Waals surface area contributed by atoms with E-state index in [0.717, 1.165) is 60.3 Å². The molecule has 5 nitrogen and oxygen atoms in total. The van der Waals surface area contributed by atoms with E-state index in [2.05, 4.69) is 71.5 Å². The minimum Gasteiger partial charge on any atom is -0.497 e. The van der Waals surface area contributed by atoms with Gasteiger partial charge in [0, 0.05) is 42.3 Å².